The summed E-state index contributed by atoms with van der Waals surface area (Å²) in [6.45, 7) is 1.20. The molecule has 0 aliphatic carbocycles. The lowest BCUT2D eigenvalue weighted by atomic mass is 10.1. The van der Waals surface area contributed by atoms with E-state index in [1.807, 2.05) is 0 Å². The molecule has 0 bridgehead atoms. The van der Waals surface area contributed by atoms with Gasteiger partial charge >= 0.3 is 0 Å². The minimum absolute atomic E-state index is 0.327. The third-order valence-corrected chi connectivity index (χ3v) is 1.73. The van der Waals surface area contributed by atoms with Crippen molar-refractivity contribution in [2.75, 3.05) is 6.61 Å². The highest BCUT2D eigenvalue weighted by Crippen LogP contribution is 2.22. The molecular formula is C6H11FO3. The molecule has 0 aromatic heterocycles. The molecule has 1 fully saturated rings. The normalized spacial score (nSPS) is 48.0. The first-order valence-electron chi connectivity index (χ1n) is 3.25. The molecule has 0 aromatic rings. The fourth-order valence-corrected chi connectivity index (χ4v) is 1.07. The van der Waals surface area contributed by atoms with Gasteiger partial charge in [0.1, 0.15) is 12.2 Å². The number of aliphatic hydroxyl groups excluding tert-OH is 2. The van der Waals surface area contributed by atoms with Crippen molar-refractivity contribution in [2.45, 2.75) is 31.4 Å². The van der Waals surface area contributed by atoms with E-state index >= 15 is 0 Å². The predicted molar refractivity (Wildman–Crippen MR) is 32.3 cm³/mol. The number of ether oxygens (including phenoxy) is 1. The van der Waals surface area contributed by atoms with Gasteiger partial charge in [0.15, 0.2) is 6.17 Å². The van der Waals surface area contributed by atoms with Gasteiger partial charge in [0.2, 0.25) is 0 Å². The van der Waals surface area contributed by atoms with Crippen LogP contribution in [-0.4, -0.2) is 41.3 Å². The van der Waals surface area contributed by atoms with Gasteiger partial charge in [-0.3, -0.25) is 0 Å². The summed E-state index contributed by atoms with van der Waals surface area (Å²) in [4.78, 5) is 0. The standard InChI is InChI=1S/C6H11FO3/c1-3-5(7)6(9)4(2-8)10-3/h3-6,8-9H,2H2,1H3/t3-,4+,5?,6?/m0/s1. The number of hydrogen-bond donors (Lipinski definition) is 2. The molecule has 1 saturated heterocycles. The summed E-state index contributed by atoms with van der Waals surface area (Å²) in [5, 5.41) is 17.5. The molecule has 10 heavy (non-hydrogen) atoms. The topological polar surface area (TPSA) is 49.7 Å². The van der Waals surface area contributed by atoms with Crippen molar-refractivity contribution >= 4 is 0 Å². The molecule has 1 heterocycles. The van der Waals surface area contributed by atoms with Gasteiger partial charge in [0.25, 0.3) is 0 Å². The molecular weight excluding hydrogens is 139 g/mol. The minimum atomic E-state index is -1.36. The lowest BCUT2D eigenvalue weighted by Gasteiger charge is -2.09. The number of rotatable bonds is 1. The Hall–Kier alpha value is -0.190. The third kappa shape index (κ3) is 1.14. The molecule has 4 atom stereocenters. The second kappa shape index (κ2) is 2.82. The highest BCUT2D eigenvalue weighted by Gasteiger charge is 2.40. The summed E-state index contributed by atoms with van der Waals surface area (Å²) >= 11 is 0. The maximum Gasteiger partial charge on any atom is 0.154 e. The Labute approximate surface area is 58.4 Å². The molecule has 4 heteroatoms. The quantitative estimate of drug-likeness (QED) is 0.528. The zero-order chi connectivity index (χ0) is 7.72. The Kier molecular flexibility index (Phi) is 2.23. The van der Waals surface area contributed by atoms with Gasteiger partial charge in [-0.15, -0.1) is 0 Å². The van der Waals surface area contributed by atoms with E-state index in [1.165, 1.54) is 6.92 Å². The Morgan fingerprint density at radius 2 is 2.20 bits per heavy atom. The molecule has 2 unspecified atom stereocenters. The fraction of sp³-hybridized carbons (Fsp3) is 1.00. The van der Waals surface area contributed by atoms with E-state index in [1.54, 1.807) is 0 Å². The van der Waals surface area contributed by atoms with Crippen LogP contribution >= 0.6 is 0 Å². The Balaban J connectivity index is 2.53. The van der Waals surface area contributed by atoms with E-state index < -0.39 is 24.5 Å². The SMILES string of the molecule is C[C@@H]1O[C@H](CO)C(O)C1F. The summed E-state index contributed by atoms with van der Waals surface area (Å²) in [7, 11) is 0. The van der Waals surface area contributed by atoms with Gasteiger partial charge in [-0.05, 0) is 6.92 Å². The van der Waals surface area contributed by atoms with Gasteiger partial charge in [-0.1, -0.05) is 0 Å². The highest BCUT2D eigenvalue weighted by atomic mass is 19.1. The summed E-state index contributed by atoms with van der Waals surface area (Å²) in [6.07, 6.45) is -3.88. The summed E-state index contributed by atoms with van der Waals surface area (Å²) in [6, 6.07) is 0. The van der Waals surface area contributed by atoms with Crippen molar-refractivity contribution in [1.82, 2.24) is 0 Å². The molecule has 1 rings (SSSR count). The Bertz CT molecular complexity index is 120. The number of aliphatic hydroxyl groups is 2. The zero-order valence-corrected chi connectivity index (χ0v) is 5.70. The van der Waals surface area contributed by atoms with Crippen molar-refractivity contribution in [2.24, 2.45) is 0 Å². The maximum absolute atomic E-state index is 12.7. The first-order valence-corrected chi connectivity index (χ1v) is 3.25. The van der Waals surface area contributed by atoms with Gasteiger partial charge in [-0.25, -0.2) is 4.39 Å². The van der Waals surface area contributed by atoms with E-state index in [4.69, 9.17) is 14.9 Å². The van der Waals surface area contributed by atoms with Crippen LogP contribution in [0.15, 0.2) is 0 Å². The summed E-state index contributed by atoms with van der Waals surface area (Å²) in [5.74, 6) is 0. The second-order valence-corrected chi connectivity index (χ2v) is 2.50. The molecule has 0 aromatic carbocycles. The van der Waals surface area contributed by atoms with E-state index in [9.17, 15) is 4.39 Å². The van der Waals surface area contributed by atoms with Crippen LogP contribution in [0.3, 0.4) is 0 Å². The van der Waals surface area contributed by atoms with Gasteiger partial charge in [0, 0.05) is 0 Å². The third-order valence-electron chi connectivity index (χ3n) is 1.73. The molecule has 0 saturated carbocycles. The van der Waals surface area contributed by atoms with Crippen LogP contribution in [0.2, 0.25) is 0 Å². The van der Waals surface area contributed by atoms with Crippen molar-refractivity contribution in [3.05, 3.63) is 0 Å². The minimum Gasteiger partial charge on any atom is -0.394 e. The van der Waals surface area contributed by atoms with Crippen LogP contribution in [0.25, 0.3) is 0 Å². The van der Waals surface area contributed by atoms with Gasteiger partial charge in [-0.2, -0.15) is 0 Å². The highest BCUT2D eigenvalue weighted by molar-refractivity contribution is 4.88. The maximum atomic E-state index is 12.7. The van der Waals surface area contributed by atoms with Crippen LogP contribution in [0, 0.1) is 0 Å². The van der Waals surface area contributed by atoms with Crippen molar-refractivity contribution in [3.63, 3.8) is 0 Å². The summed E-state index contributed by atoms with van der Waals surface area (Å²) in [5.41, 5.74) is 0. The van der Waals surface area contributed by atoms with Gasteiger partial charge < -0.3 is 14.9 Å². The average molecular weight is 150 g/mol. The molecule has 0 radical (unpaired) electrons. The lowest BCUT2D eigenvalue weighted by molar-refractivity contribution is -0.0171. The van der Waals surface area contributed by atoms with Crippen molar-refractivity contribution in [3.8, 4) is 0 Å². The van der Waals surface area contributed by atoms with Crippen molar-refractivity contribution in [1.29, 1.82) is 0 Å². The van der Waals surface area contributed by atoms with Crippen LogP contribution in [0.5, 0.6) is 0 Å². The average Bonchev–Trinajstić information content (AvgIpc) is 2.17. The molecule has 3 nitrogen and oxygen atoms in total. The van der Waals surface area contributed by atoms with E-state index in [0.717, 1.165) is 0 Å². The molecule has 2 N–H and O–H groups in total. The first kappa shape index (κ1) is 7.91. The van der Waals surface area contributed by atoms with Gasteiger partial charge in [0.05, 0.1) is 12.7 Å². The van der Waals surface area contributed by atoms with Crippen molar-refractivity contribution < 1.29 is 19.3 Å². The van der Waals surface area contributed by atoms with Crippen LogP contribution in [0.1, 0.15) is 6.92 Å². The number of hydrogen-bond acceptors (Lipinski definition) is 3. The number of halogens is 1. The molecule has 60 valence electrons. The molecule has 0 spiro atoms. The van der Waals surface area contributed by atoms with E-state index in [-0.39, 0.29) is 6.61 Å². The van der Waals surface area contributed by atoms with Crippen LogP contribution in [-0.2, 0) is 4.74 Å². The Morgan fingerprint density at radius 3 is 2.40 bits per heavy atom. The fourth-order valence-electron chi connectivity index (χ4n) is 1.07. The predicted octanol–water partition coefficient (Wildman–Crippen LogP) is -0.535. The zero-order valence-electron chi connectivity index (χ0n) is 5.70. The summed E-state index contributed by atoms with van der Waals surface area (Å²) < 4.78 is 17.5. The second-order valence-electron chi connectivity index (χ2n) is 2.50. The first-order chi connectivity index (χ1) is 4.66. The smallest absolute Gasteiger partial charge is 0.154 e. The largest absolute Gasteiger partial charge is 0.394 e. The molecule has 1 aliphatic heterocycles. The molecule has 0 amide bonds. The van der Waals surface area contributed by atoms with E-state index in [0.29, 0.717) is 0 Å². The van der Waals surface area contributed by atoms with Crippen LogP contribution in [0.4, 0.5) is 4.39 Å². The Morgan fingerprint density at radius 1 is 1.60 bits per heavy atom. The lowest BCUT2D eigenvalue weighted by Crippen LogP contribution is -2.30. The van der Waals surface area contributed by atoms with Crippen LogP contribution < -0.4 is 0 Å². The monoisotopic (exact) mass is 150 g/mol. The van der Waals surface area contributed by atoms with E-state index in [2.05, 4.69) is 0 Å². The number of alkyl halides is 1. The molecule has 1 aliphatic rings.